The van der Waals surface area contributed by atoms with Gasteiger partial charge in [-0.1, -0.05) is 36.4 Å². The van der Waals surface area contributed by atoms with Gasteiger partial charge in [0.1, 0.15) is 0 Å². The van der Waals surface area contributed by atoms with Crippen LogP contribution >= 0.6 is 0 Å². The Labute approximate surface area is 128 Å². The van der Waals surface area contributed by atoms with Gasteiger partial charge in [-0.2, -0.15) is 0 Å². The fourth-order valence-corrected chi connectivity index (χ4v) is 2.43. The summed E-state index contributed by atoms with van der Waals surface area (Å²) in [4.78, 5) is 15.8. The Hall–Kier alpha value is -2.22. The van der Waals surface area contributed by atoms with Crippen molar-refractivity contribution in [3.05, 3.63) is 54.1 Å². The Morgan fingerprint density at radius 1 is 1.14 bits per heavy atom. The lowest BCUT2D eigenvalue weighted by Crippen LogP contribution is -2.19. The predicted octanol–water partition coefficient (Wildman–Crippen LogP) is 1.57. The zero-order valence-electron chi connectivity index (χ0n) is 11.9. The number of carbonyl (C=O) groups is 1. The second-order valence-electron chi connectivity index (χ2n) is 4.72. The van der Waals surface area contributed by atoms with Gasteiger partial charge in [-0.25, -0.2) is 19.0 Å². The maximum absolute atomic E-state index is 11.4. The lowest BCUT2D eigenvalue weighted by atomic mass is 10.0. The Morgan fingerprint density at radius 2 is 1.82 bits per heavy atom. The highest BCUT2D eigenvalue weighted by atomic mass is 32.2. The van der Waals surface area contributed by atoms with Gasteiger partial charge >= 0.3 is 0 Å². The van der Waals surface area contributed by atoms with Crippen molar-refractivity contribution in [1.82, 2.24) is 5.48 Å². The molecule has 0 saturated heterocycles. The lowest BCUT2D eigenvalue weighted by Gasteiger charge is -2.07. The summed E-state index contributed by atoms with van der Waals surface area (Å²) in [6, 6.07) is 13.8. The van der Waals surface area contributed by atoms with Gasteiger partial charge in [0.25, 0.3) is 0 Å². The van der Waals surface area contributed by atoms with Crippen LogP contribution in [0.3, 0.4) is 0 Å². The Morgan fingerprint density at radius 3 is 2.41 bits per heavy atom. The van der Waals surface area contributed by atoms with Crippen LogP contribution in [-0.2, 0) is 26.3 Å². The average Bonchev–Trinajstić information content (AvgIpc) is 2.47. The predicted molar refractivity (Wildman–Crippen MR) is 81.9 cm³/mol. The summed E-state index contributed by atoms with van der Waals surface area (Å²) >= 11 is 0. The normalized spacial score (nSPS) is 11.2. The molecule has 22 heavy (non-hydrogen) atoms. The van der Waals surface area contributed by atoms with E-state index in [0.29, 0.717) is 0 Å². The lowest BCUT2D eigenvalue weighted by molar-refractivity contribution is -0.132. The Bertz CT molecular complexity index is 770. The molecule has 6 nitrogen and oxygen atoms in total. The van der Waals surface area contributed by atoms with Crippen LogP contribution in [-0.4, -0.2) is 14.3 Å². The van der Waals surface area contributed by atoms with Crippen molar-refractivity contribution < 1.29 is 18.0 Å². The summed E-state index contributed by atoms with van der Waals surface area (Å²) in [7, 11) is -3.72. The third kappa shape index (κ3) is 4.39. The van der Waals surface area contributed by atoms with Crippen molar-refractivity contribution in [1.29, 1.82) is 0 Å². The van der Waals surface area contributed by atoms with Gasteiger partial charge in [-0.3, -0.25) is 9.63 Å². The van der Waals surface area contributed by atoms with E-state index in [1.807, 2.05) is 24.3 Å². The third-order valence-electron chi connectivity index (χ3n) is 2.90. The van der Waals surface area contributed by atoms with E-state index in [9.17, 15) is 13.2 Å². The van der Waals surface area contributed by atoms with E-state index in [4.69, 9.17) is 9.98 Å². The maximum Gasteiger partial charge on any atom is 0.240 e. The van der Waals surface area contributed by atoms with Gasteiger partial charge in [0, 0.05) is 6.92 Å². The van der Waals surface area contributed by atoms with Crippen LogP contribution in [0.25, 0.3) is 11.1 Å². The van der Waals surface area contributed by atoms with Crippen LogP contribution in [0.4, 0.5) is 0 Å². The fraction of sp³-hybridized carbons (Fsp3) is 0.133. The highest BCUT2D eigenvalue weighted by Gasteiger charge is 2.08. The third-order valence-corrected chi connectivity index (χ3v) is 3.82. The molecule has 0 unspecified atom stereocenters. The van der Waals surface area contributed by atoms with E-state index in [2.05, 4.69) is 5.48 Å². The number of sulfonamides is 1. The number of hydroxylamine groups is 1. The zero-order valence-corrected chi connectivity index (χ0v) is 12.8. The first-order valence-corrected chi connectivity index (χ1v) is 8.01. The van der Waals surface area contributed by atoms with E-state index in [1.165, 1.54) is 19.1 Å². The van der Waals surface area contributed by atoms with Gasteiger partial charge < -0.3 is 0 Å². The highest BCUT2D eigenvalue weighted by Crippen LogP contribution is 2.22. The summed E-state index contributed by atoms with van der Waals surface area (Å²) in [5, 5.41) is 5.13. The SMILES string of the molecule is CC(=O)NOCc1ccc(-c2cccc(S(N)(=O)=O)c2)cc1. The zero-order chi connectivity index (χ0) is 16.2. The first-order valence-electron chi connectivity index (χ1n) is 6.47. The Kier molecular flexibility index (Phi) is 4.92. The van der Waals surface area contributed by atoms with Gasteiger partial charge in [0.05, 0.1) is 11.5 Å². The van der Waals surface area contributed by atoms with E-state index in [1.54, 1.807) is 12.1 Å². The molecule has 2 aromatic carbocycles. The molecule has 0 radical (unpaired) electrons. The molecule has 0 atom stereocenters. The van der Waals surface area contributed by atoms with E-state index in [-0.39, 0.29) is 17.4 Å². The van der Waals surface area contributed by atoms with Crippen molar-refractivity contribution in [3.8, 4) is 11.1 Å². The molecule has 0 fully saturated rings. The number of hydrogen-bond donors (Lipinski definition) is 2. The molecule has 0 bridgehead atoms. The van der Waals surface area contributed by atoms with E-state index >= 15 is 0 Å². The monoisotopic (exact) mass is 320 g/mol. The minimum atomic E-state index is -3.72. The first-order chi connectivity index (χ1) is 10.4. The highest BCUT2D eigenvalue weighted by molar-refractivity contribution is 7.89. The fourth-order valence-electron chi connectivity index (χ4n) is 1.87. The number of rotatable bonds is 5. The van der Waals surface area contributed by atoms with Crippen molar-refractivity contribution in [2.24, 2.45) is 5.14 Å². The molecule has 0 heterocycles. The summed E-state index contributed by atoms with van der Waals surface area (Å²) in [5.74, 6) is -0.267. The summed E-state index contributed by atoms with van der Waals surface area (Å²) in [6.45, 7) is 1.61. The van der Waals surface area contributed by atoms with E-state index in [0.717, 1.165) is 16.7 Å². The largest absolute Gasteiger partial charge is 0.273 e. The molecule has 0 aliphatic rings. The van der Waals surface area contributed by atoms with Gasteiger partial charge in [0.2, 0.25) is 15.9 Å². The molecule has 2 rings (SSSR count). The number of nitrogens with one attached hydrogen (secondary N) is 1. The van der Waals surface area contributed by atoms with Gasteiger partial charge in [-0.05, 0) is 28.8 Å². The number of benzene rings is 2. The quantitative estimate of drug-likeness (QED) is 0.817. The topological polar surface area (TPSA) is 98.5 Å². The Balaban J connectivity index is 2.15. The first kappa shape index (κ1) is 16.2. The average molecular weight is 320 g/mol. The number of primary sulfonamides is 1. The summed E-state index contributed by atoms with van der Waals surface area (Å²) in [5.41, 5.74) is 4.73. The van der Waals surface area contributed by atoms with Crippen molar-refractivity contribution in [3.63, 3.8) is 0 Å². The molecular formula is C15H16N2O4S. The standard InChI is InChI=1S/C15H16N2O4S/c1-11(18)17-21-10-12-5-7-13(8-6-12)14-3-2-4-15(9-14)22(16,19)20/h2-9H,10H2,1H3,(H,17,18)(H2,16,19,20). The van der Waals surface area contributed by atoms with Gasteiger partial charge in [0.15, 0.2) is 0 Å². The number of amides is 1. The summed E-state index contributed by atoms with van der Waals surface area (Å²) < 4.78 is 22.7. The van der Waals surface area contributed by atoms with Crippen molar-refractivity contribution >= 4 is 15.9 Å². The molecule has 2 aromatic rings. The number of hydrogen-bond acceptors (Lipinski definition) is 4. The van der Waals surface area contributed by atoms with Crippen molar-refractivity contribution in [2.75, 3.05) is 0 Å². The van der Waals surface area contributed by atoms with Crippen molar-refractivity contribution in [2.45, 2.75) is 18.4 Å². The molecule has 1 amide bonds. The second kappa shape index (κ2) is 6.69. The molecule has 0 aromatic heterocycles. The molecule has 3 N–H and O–H groups in total. The molecule has 0 aliphatic heterocycles. The van der Waals surface area contributed by atoms with Crippen LogP contribution in [0.5, 0.6) is 0 Å². The van der Waals surface area contributed by atoms with Crippen LogP contribution in [0.15, 0.2) is 53.4 Å². The smallest absolute Gasteiger partial charge is 0.240 e. The second-order valence-corrected chi connectivity index (χ2v) is 6.28. The van der Waals surface area contributed by atoms with E-state index < -0.39 is 10.0 Å². The summed E-state index contributed by atoms with van der Waals surface area (Å²) in [6.07, 6.45) is 0. The van der Waals surface area contributed by atoms with Crippen LogP contribution < -0.4 is 10.6 Å². The molecule has 116 valence electrons. The molecule has 0 spiro atoms. The van der Waals surface area contributed by atoms with Crippen LogP contribution in [0.2, 0.25) is 0 Å². The van der Waals surface area contributed by atoms with Crippen LogP contribution in [0, 0.1) is 0 Å². The molecular weight excluding hydrogens is 304 g/mol. The molecule has 0 saturated carbocycles. The number of carbonyl (C=O) groups excluding carboxylic acids is 1. The van der Waals surface area contributed by atoms with Gasteiger partial charge in [-0.15, -0.1) is 0 Å². The molecule has 0 aliphatic carbocycles. The maximum atomic E-state index is 11.4. The number of nitrogens with two attached hydrogens (primary N) is 1. The molecule has 7 heteroatoms. The van der Waals surface area contributed by atoms with Crippen LogP contribution in [0.1, 0.15) is 12.5 Å². The minimum absolute atomic E-state index is 0.0723. The minimum Gasteiger partial charge on any atom is -0.273 e.